The summed E-state index contributed by atoms with van der Waals surface area (Å²) in [6.07, 6.45) is 1.35. The summed E-state index contributed by atoms with van der Waals surface area (Å²) in [4.78, 5) is 25.5. The summed E-state index contributed by atoms with van der Waals surface area (Å²) in [5.74, 6) is -1.40. The van der Waals surface area contributed by atoms with Crippen LogP contribution in [0.25, 0.3) is 0 Å². The zero-order valence-corrected chi connectivity index (χ0v) is 11.7. The summed E-state index contributed by atoms with van der Waals surface area (Å²) in [5.41, 5.74) is 0.409. The standard InChI is InChI=1S/C13H16N2O4S/c16-12(10-2-4-20-14-10)15-6-8(13(17)18)5-9-7-19-3-1-11(9)15/h2,4,8-9,11H,1,3,5-7H2,(H,17,18)/t8-,9-,11-/m1/s1. The van der Waals surface area contributed by atoms with Crippen molar-refractivity contribution in [1.82, 2.24) is 9.27 Å². The van der Waals surface area contributed by atoms with Gasteiger partial charge in [-0.2, -0.15) is 4.37 Å². The second-order valence-electron chi connectivity index (χ2n) is 5.30. The van der Waals surface area contributed by atoms with Crippen molar-refractivity contribution < 1.29 is 19.4 Å². The largest absolute Gasteiger partial charge is 0.481 e. The maximum absolute atomic E-state index is 12.5. The number of amides is 1. The molecule has 0 spiro atoms. The van der Waals surface area contributed by atoms with E-state index in [2.05, 4.69) is 4.37 Å². The van der Waals surface area contributed by atoms with Gasteiger partial charge >= 0.3 is 5.97 Å². The Kier molecular flexibility index (Phi) is 3.71. The van der Waals surface area contributed by atoms with Crippen molar-refractivity contribution >= 4 is 23.4 Å². The van der Waals surface area contributed by atoms with E-state index in [0.717, 1.165) is 6.42 Å². The molecule has 2 saturated heterocycles. The zero-order valence-electron chi connectivity index (χ0n) is 10.9. The van der Waals surface area contributed by atoms with E-state index in [1.165, 1.54) is 11.5 Å². The van der Waals surface area contributed by atoms with Gasteiger partial charge in [0, 0.05) is 30.5 Å². The maximum Gasteiger partial charge on any atom is 0.308 e. The third-order valence-corrected chi connectivity index (χ3v) is 4.67. The number of ether oxygens (including phenoxy) is 1. The van der Waals surface area contributed by atoms with Gasteiger partial charge in [-0.1, -0.05) is 0 Å². The van der Waals surface area contributed by atoms with Crippen molar-refractivity contribution in [2.45, 2.75) is 18.9 Å². The summed E-state index contributed by atoms with van der Waals surface area (Å²) < 4.78 is 9.51. The first-order valence-corrected chi connectivity index (χ1v) is 7.52. The van der Waals surface area contributed by atoms with Crippen molar-refractivity contribution in [1.29, 1.82) is 0 Å². The molecule has 0 radical (unpaired) electrons. The lowest BCUT2D eigenvalue weighted by Crippen LogP contribution is -2.56. The lowest BCUT2D eigenvalue weighted by molar-refractivity contribution is -0.146. The first kappa shape index (κ1) is 13.5. The molecule has 0 aromatic carbocycles. The summed E-state index contributed by atoms with van der Waals surface area (Å²) in [6.45, 7) is 1.43. The molecule has 1 N–H and O–H groups in total. The number of carbonyl (C=O) groups is 2. The van der Waals surface area contributed by atoms with E-state index in [0.29, 0.717) is 25.3 Å². The van der Waals surface area contributed by atoms with Gasteiger partial charge in [0.15, 0.2) is 0 Å². The molecule has 2 aliphatic rings. The van der Waals surface area contributed by atoms with Crippen molar-refractivity contribution in [2.75, 3.05) is 19.8 Å². The molecule has 3 rings (SSSR count). The highest BCUT2D eigenvalue weighted by Gasteiger charge is 2.42. The Morgan fingerprint density at radius 2 is 2.35 bits per heavy atom. The summed E-state index contributed by atoms with van der Waals surface area (Å²) in [6, 6.07) is 1.76. The van der Waals surface area contributed by atoms with E-state index in [1.807, 2.05) is 0 Å². The molecular formula is C13H16N2O4S. The molecule has 7 heteroatoms. The van der Waals surface area contributed by atoms with E-state index >= 15 is 0 Å². The maximum atomic E-state index is 12.5. The molecule has 3 heterocycles. The van der Waals surface area contributed by atoms with Gasteiger partial charge in [-0.05, 0) is 30.4 Å². The number of carboxylic acid groups (broad SMARTS) is 1. The summed E-state index contributed by atoms with van der Waals surface area (Å²) in [5, 5.41) is 11.0. The summed E-state index contributed by atoms with van der Waals surface area (Å²) in [7, 11) is 0. The number of piperidine rings is 1. The molecule has 20 heavy (non-hydrogen) atoms. The number of aromatic nitrogens is 1. The molecular weight excluding hydrogens is 280 g/mol. The van der Waals surface area contributed by atoms with E-state index in [9.17, 15) is 14.7 Å². The van der Waals surface area contributed by atoms with Crippen LogP contribution in [-0.2, 0) is 9.53 Å². The number of hydrogen-bond donors (Lipinski definition) is 1. The Balaban J connectivity index is 1.85. The molecule has 0 bridgehead atoms. The molecule has 1 amide bonds. The Labute approximate surface area is 120 Å². The zero-order chi connectivity index (χ0) is 14.1. The lowest BCUT2D eigenvalue weighted by atomic mass is 9.81. The Morgan fingerprint density at radius 1 is 1.50 bits per heavy atom. The van der Waals surface area contributed by atoms with Crippen LogP contribution in [-0.4, -0.2) is 52.1 Å². The second kappa shape index (κ2) is 5.49. The fourth-order valence-corrected chi connectivity index (χ4v) is 3.62. The molecule has 2 aliphatic heterocycles. The Morgan fingerprint density at radius 3 is 3.05 bits per heavy atom. The van der Waals surface area contributed by atoms with Crippen LogP contribution in [0.15, 0.2) is 11.4 Å². The topological polar surface area (TPSA) is 79.7 Å². The molecule has 3 atom stereocenters. The highest BCUT2D eigenvalue weighted by Crippen LogP contribution is 2.33. The van der Waals surface area contributed by atoms with Gasteiger partial charge in [-0.15, -0.1) is 0 Å². The minimum absolute atomic E-state index is 0.0774. The molecule has 6 nitrogen and oxygen atoms in total. The quantitative estimate of drug-likeness (QED) is 0.884. The fourth-order valence-electron chi connectivity index (χ4n) is 3.12. The average Bonchev–Trinajstić information content (AvgIpc) is 2.99. The van der Waals surface area contributed by atoms with Crippen LogP contribution in [0.5, 0.6) is 0 Å². The van der Waals surface area contributed by atoms with E-state index in [-0.39, 0.29) is 24.4 Å². The van der Waals surface area contributed by atoms with Crippen molar-refractivity contribution in [2.24, 2.45) is 11.8 Å². The van der Waals surface area contributed by atoms with Crippen molar-refractivity contribution in [3.8, 4) is 0 Å². The third kappa shape index (κ3) is 2.43. The molecule has 0 unspecified atom stereocenters. The number of hydrogen-bond acceptors (Lipinski definition) is 5. The smallest absolute Gasteiger partial charge is 0.308 e. The van der Waals surface area contributed by atoms with Gasteiger partial charge in [-0.3, -0.25) is 9.59 Å². The number of likely N-dealkylation sites (tertiary alicyclic amines) is 1. The normalized spacial score (nSPS) is 29.8. The number of carbonyl (C=O) groups excluding carboxylic acids is 1. The first-order valence-electron chi connectivity index (χ1n) is 6.68. The second-order valence-corrected chi connectivity index (χ2v) is 5.97. The van der Waals surface area contributed by atoms with Crippen LogP contribution >= 0.6 is 11.5 Å². The van der Waals surface area contributed by atoms with Crippen LogP contribution in [0.1, 0.15) is 23.3 Å². The summed E-state index contributed by atoms with van der Waals surface area (Å²) >= 11 is 1.23. The van der Waals surface area contributed by atoms with Gasteiger partial charge in [-0.25, -0.2) is 0 Å². The number of aliphatic carboxylic acids is 1. The van der Waals surface area contributed by atoms with E-state index in [4.69, 9.17) is 4.74 Å². The SMILES string of the molecule is O=C(O)[C@@H]1C[C@@H]2COCC[C@H]2N(C(=O)c2ccsn2)C1. The monoisotopic (exact) mass is 296 g/mol. The molecule has 0 aliphatic carbocycles. The van der Waals surface area contributed by atoms with Crippen LogP contribution in [0.4, 0.5) is 0 Å². The molecule has 108 valence electrons. The Hall–Kier alpha value is -1.47. The van der Waals surface area contributed by atoms with Crippen molar-refractivity contribution in [3.63, 3.8) is 0 Å². The predicted octanol–water partition coefficient (Wildman–Crippen LogP) is 1.09. The lowest BCUT2D eigenvalue weighted by Gasteiger charge is -2.45. The number of carboxylic acids is 1. The predicted molar refractivity (Wildman–Crippen MR) is 71.6 cm³/mol. The average molecular weight is 296 g/mol. The highest BCUT2D eigenvalue weighted by molar-refractivity contribution is 7.03. The van der Waals surface area contributed by atoms with Crippen LogP contribution < -0.4 is 0 Å². The van der Waals surface area contributed by atoms with Crippen LogP contribution in [0, 0.1) is 11.8 Å². The number of rotatable bonds is 2. The van der Waals surface area contributed by atoms with Gasteiger partial charge < -0.3 is 14.7 Å². The van der Waals surface area contributed by atoms with E-state index in [1.54, 1.807) is 16.3 Å². The number of fused-ring (bicyclic) bond motifs is 1. The van der Waals surface area contributed by atoms with Gasteiger partial charge in [0.2, 0.25) is 0 Å². The molecule has 0 saturated carbocycles. The Bertz CT molecular complexity index is 504. The molecule has 1 aromatic heterocycles. The minimum Gasteiger partial charge on any atom is -0.481 e. The van der Waals surface area contributed by atoms with Crippen molar-refractivity contribution in [3.05, 3.63) is 17.1 Å². The highest BCUT2D eigenvalue weighted by atomic mass is 32.1. The molecule has 2 fully saturated rings. The third-order valence-electron chi connectivity index (χ3n) is 4.11. The minimum atomic E-state index is -0.842. The number of nitrogens with zero attached hydrogens (tertiary/aromatic N) is 2. The first-order chi connectivity index (χ1) is 9.66. The van der Waals surface area contributed by atoms with E-state index < -0.39 is 11.9 Å². The molecule has 1 aromatic rings. The van der Waals surface area contributed by atoms with Gasteiger partial charge in [0.1, 0.15) is 5.69 Å². The fraction of sp³-hybridized carbons (Fsp3) is 0.615. The van der Waals surface area contributed by atoms with Gasteiger partial charge in [0.25, 0.3) is 5.91 Å². The van der Waals surface area contributed by atoms with Crippen LogP contribution in [0.2, 0.25) is 0 Å². The van der Waals surface area contributed by atoms with Crippen LogP contribution in [0.3, 0.4) is 0 Å². The van der Waals surface area contributed by atoms with Gasteiger partial charge in [0.05, 0.1) is 12.5 Å².